The van der Waals surface area contributed by atoms with Crippen molar-refractivity contribution in [3.63, 3.8) is 0 Å². The summed E-state index contributed by atoms with van der Waals surface area (Å²) in [5.74, 6) is 1.70. The first-order valence-electron chi connectivity index (χ1n) is 8.74. The van der Waals surface area contributed by atoms with E-state index in [-0.39, 0.29) is 0 Å². The molecule has 1 fully saturated rings. The van der Waals surface area contributed by atoms with Gasteiger partial charge in [-0.3, -0.25) is 4.68 Å². The Morgan fingerprint density at radius 3 is 2.52 bits per heavy atom. The maximum Gasteiger partial charge on any atom is 0.0630 e. The van der Waals surface area contributed by atoms with Gasteiger partial charge >= 0.3 is 0 Å². The van der Waals surface area contributed by atoms with Crippen LogP contribution in [-0.2, 0) is 6.42 Å². The normalized spacial score (nSPS) is 28.0. The smallest absolute Gasteiger partial charge is 0.0630 e. The third-order valence-electron chi connectivity index (χ3n) is 5.73. The molecule has 2 rings (SSSR count). The van der Waals surface area contributed by atoms with Crippen molar-refractivity contribution in [1.29, 1.82) is 0 Å². The summed E-state index contributed by atoms with van der Waals surface area (Å²) in [6.45, 7) is 9.94. The Kier molecular flexibility index (Phi) is 5.48. The van der Waals surface area contributed by atoms with E-state index in [0.29, 0.717) is 11.5 Å². The molecule has 0 aromatic carbocycles. The molecule has 0 radical (unpaired) electrons. The highest BCUT2D eigenvalue weighted by atomic mass is 15.3. The highest BCUT2D eigenvalue weighted by Gasteiger charge is 2.35. The van der Waals surface area contributed by atoms with Crippen LogP contribution in [0.2, 0.25) is 0 Å². The van der Waals surface area contributed by atoms with Crippen molar-refractivity contribution in [3.05, 3.63) is 18.0 Å². The van der Waals surface area contributed by atoms with Gasteiger partial charge in [-0.15, -0.1) is 0 Å². The molecule has 1 aromatic rings. The lowest BCUT2D eigenvalue weighted by Crippen LogP contribution is -2.37. The van der Waals surface area contributed by atoms with Crippen LogP contribution in [0.5, 0.6) is 0 Å². The lowest BCUT2D eigenvalue weighted by molar-refractivity contribution is 0.131. The minimum Gasteiger partial charge on any atom is -0.330 e. The van der Waals surface area contributed by atoms with E-state index in [1.165, 1.54) is 31.4 Å². The minimum absolute atomic E-state index is 0.292. The average molecular weight is 291 g/mol. The lowest BCUT2D eigenvalue weighted by Gasteiger charge is -2.40. The Hall–Kier alpha value is -0.830. The molecule has 1 atom stereocenters. The van der Waals surface area contributed by atoms with E-state index in [1.54, 1.807) is 0 Å². The minimum atomic E-state index is 0.292. The number of hydrogen-bond acceptors (Lipinski definition) is 2. The summed E-state index contributed by atoms with van der Waals surface area (Å²) in [6.07, 6.45) is 9.51. The second kappa shape index (κ2) is 6.95. The number of nitrogens with two attached hydrogens (primary N) is 1. The molecule has 1 aliphatic carbocycles. The summed E-state index contributed by atoms with van der Waals surface area (Å²) >= 11 is 0. The zero-order valence-electron chi connectivity index (χ0n) is 14.3. The zero-order valence-corrected chi connectivity index (χ0v) is 14.3. The van der Waals surface area contributed by atoms with Gasteiger partial charge in [-0.05, 0) is 75.3 Å². The first-order chi connectivity index (χ1) is 9.99. The first kappa shape index (κ1) is 16.5. The van der Waals surface area contributed by atoms with Crippen LogP contribution in [0, 0.1) is 17.3 Å². The molecule has 1 heterocycles. The Bertz CT molecular complexity index is 427. The molecule has 1 saturated carbocycles. The fourth-order valence-corrected chi connectivity index (χ4v) is 3.66. The van der Waals surface area contributed by atoms with Crippen LogP contribution in [-0.4, -0.2) is 16.3 Å². The molecule has 1 unspecified atom stereocenters. The molecule has 0 amide bonds. The van der Waals surface area contributed by atoms with Crippen molar-refractivity contribution in [1.82, 2.24) is 9.78 Å². The van der Waals surface area contributed by atoms with Crippen LogP contribution in [0.4, 0.5) is 0 Å². The van der Waals surface area contributed by atoms with Crippen molar-refractivity contribution < 1.29 is 0 Å². The average Bonchev–Trinajstić information content (AvgIpc) is 2.95. The SMILES string of the molecule is CCC(C)n1ccc(CC2(CN)CCC(C(C)C)CC2)n1. The van der Waals surface area contributed by atoms with Crippen molar-refractivity contribution in [2.24, 2.45) is 23.0 Å². The Balaban J connectivity index is 2.01. The number of hydrogen-bond donors (Lipinski definition) is 1. The fourth-order valence-electron chi connectivity index (χ4n) is 3.66. The van der Waals surface area contributed by atoms with E-state index in [1.807, 2.05) is 0 Å². The van der Waals surface area contributed by atoms with Crippen molar-refractivity contribution >= 4 is 0 Å². The van der Waals surface area contributed by atoms with Gasteiger partial charge in [0.1, 0.15) is 0 Å². The van der Waals surface area contributed by atoms with E-state index in [0.717, 1.165) is 31.2 Å². The largest absolute Gasteiger partial charge is 0.330 e. The molecule has 0 spiro atoms. The van der Waals surface area contributed by atoms with Crippen molar-refractivity contribution in [3.8, 4) is 0 Å². The molecule has 2 N–H and O–H groups in total. The molecular formula is C18H33N3. The Morgan fingerprint density at radius 2 is 2.00 bits per heavy atom. The molecule has 1 aromatic heterocycles. The molecule has 3 nitrogen and oxygen atoms in total. The van der Waals surface area contributed by atoms with Crippen LogP contribution in [0.25, 0.3) is 0 Å². The second-order valence-electron chi connectivity index (χ2n) is 7.51. The van der Waals surface area contributed by atoms with Crippen molar-refractivity contribution in [2.75, 3.05) is 6.54 Å². The molecular weight excluding hydrogens is 258 g/mol. The quantitative estimate of drug-likeness (QED) is 0.854. The van der Waals surface area contributed by atoms with Crippen LogP contribution >= 0.6 is 0 Å². The van der Waals surface area contributed by atoms with Gasteiger partial charge in [0.25, 0.3) is 0 Å². The predicted molar refractivity (Wildman–Crippen MR) is 89.2 cm³/mol. The molecule has 1 aliphatic rings. The molecule has 3 heteroatoms. The van der Waals surface area contributed by atoms with Gasteiger partial charge in [0.2, 0.25) is 0 Å². The van der Waals surface area contributed by atoms with Crippen LogP contribution in [0.1, 0.15) is 71.5 Å². The maximum atomic E-state index is 6.17. The van der Waals surface area contributed by atoms with Gasteiger partial charge in [-0.1, -0.05) is 20.8 Å². The summed E-state index contributed by atoms with van der Waals surface area (Å²) in [4.78, 5) is 0. The van der Waals surface area contributed by atoms with Crippen LogP contribution in [0.3, 0.4) is 0 Å². The zero-order chi connectivity index (χ0) is 15.5. The van der Waals surface area contributed by atoms with E-state index in [9.17, 15) is 0 Å². The summed E-state index contributed by atoms with van der Waals surface area (Å²) in [7, 11) is 0. The number of nitrogens with zero attached hydrogens (tertiary/aromatic N) is 2. The summed E-state index contributed by atoms with van der Waals surface area (Å²) < 4.78 is 2.11. The maximum absolute atomic E-state index is 6.17. The molecule has 0 saturated heterocycles. The summed E-state index contributed by atoms with van der Waals surface area (Å²) in [5, 5.41) is 4.78. The van der Waals surface area contributed by atoms with Gasteiger partial charge in [0.15, 0.2) is 0 Å². The van der Waals surface area contributed by atoms with Gasteiger partial charge in [0, 0.05) is 12.2 Å². The van der Waals surface area contributed by atoms with Gasteiger partial charge in [-0.25, -0.2) is 0 Å². The highest BCUT2D eigenvalue weighted by molar-refractivity contribution is 5.05. The topological polar surface area (TPSA) is 43.8 Å². The van der Waals surface area contributed by atoms with Gasteiger partial charge in [0.05, 0.1) is 5.69 Å². The molecule has 0 aliphatic heterocycles. The Labute approximate surface area is 130 Å². The summed E-state index contributed by atoms with van der Waals surface area (Å²) in [6, 6.07) is 2.68. The third-order valence-corrected chi connectivity index (χ3v) is 5.73. The fraction of sp³-hybridized carbons (Fsp3) is 0.833. The van der Waals surface area contributed by atoms with E-state index in [4.69, 9.17) is 10.8 Å². The predicted octanol–water partition coefficient (Wildman–Crippen LogP) is 4.19. The van der Waals surface area contributed by atoms with E-state index >= 15 is 0 Å². The summed E-state index contributed by atoms with van der Waals surface area (Å²) in [5.41, 5.74) is 7.68. The second-order valence-corrected chi connectivity index (χ2v) is 7.51. The number of rotatable bonds is 6. The van der Waals surface area contributed by atoms with Gasteiger partial charge in [-0.2, -0.15) is 5.10 Å². The van der Waals surface area contributed by atoms with Gasteiger partial charge < -0.3 is 5.73 Å². The lowest BCUT2D eigenvalue weighted by atomic mass is 9.66. The van der Waals surface area contributed by atoms with Crippen LogP contribution < -0.4 is 5.73 Å². The standard InChI is InChI=1S/C18H33N3/c1-5-15(4)21-11-8-17(20-21)12-18(13-19)9-6-16(7-10-18)14(2)3/h8,11,14-16H,5-7,9-10,12-13,19H2,1-4H3. The monoisotopic (exact) mass is 291 g/mol. The number of aromatic nitrogens is 2. The van der Waals surface area contributed by atoms with E-state index < -0.39 is 0 Å². The van der Waals surface area contributed by atoms with E-state index in [2.05, 4.69) is 44.6 Å². The Morgan fingerprint density at radius 1 is 1.33 bits per heavy atom. The third kappa shape index (κ3) is 3.88. The van der Waals surface area contributed by atoms with Crippen molar-refractivity contribution in [2.45, 2.75) is 72.3 Å². The first-order valence-corrected chi connectivity index (χ1v) is 8.74. The van der Waals surface area contributed by atoms with Crippen LogP contribution in [0.15, 0.2) is 12.3 Å². The molecule has 21 heavy (non-hydrogen) atoms. The molecule has 120 valence electrons. The highest BCUT2D eigenvalue weighted by Crippen LogP contribution is 2.42. The molecule has 0 bridgehead atoms.